The zero-order valence-electron chi connectivity index (χ0n) is 13.8. The standard InChI is InChI=1S/C19H23N3O2/c1-14(18-9-5-6-10-20-18)21-16-11-17(12-16)22-19(23)24-13-15-7-3-2-4-8-15/h2-10,14,16-17,21H,11-13H2,1H3,(H,22,23)/t14-,16?,17?/m0/s1. The van der Waals surface area contributed by atoms with Crippen molar-refractivity contribution in [2.45, 2.75) is 44.5 Å². The number of rotatable bonds is 6. The zero-order valence-corrected chi connectivity index (χ0v) is 13.8. The number of carbonyl (C=O) groups is 1. The average Bonchev–Trinajstić information content (AvgIpc) is 2.59. The minimum atomic E-state index is -0.347. The highest BCUT2D eigenvalue weighted by atomic mass is 16.5. The van der Waals surface area contributed by atoms with E-state index in [1.54, 1.807) is 6.20 Å². The first-order valence-corrected chi connectivity index (χ1v) is 8.35. The first-order valence-electron chi connectivity index (χ1n) is 8.35. The quantitative estimate of drug-likeness (QED) is 0.856. The topological polar surface area (TPSA) is 63.2 Å². The molecule has 2 aromatic rings. The Morgan fingerprint density at radius 2 is 1.92 bits per heavy atom. The van der Waals surface area contributed by atoms with E-state index >= 15 is 0 Å². The van der Waals surface area contributed by atoms with Gasteiger partial charge in [0.15, 0.2) is 0 Å². The van der Waals surface area contributed by atoms with Crippen LogP contribution in [-0.2, 0) is 11.3 Å². The van der Waals surface area contributed by atoms with Gasteiger partial charge in [-0.2, -0.15) is 0 Å². The first-order chi connectivity index (χ1) is 11.7. The van der Waals surface area contributed by atoms with E-state index in [2.05, 4.69) is 22.5 Å². The predicted molar refractivity (Wildman–Crippen MR) is 92.4 cm³/mol. The van der Waals surface area contributed by atoms with E-state index in [-0.39, 0.29) is 18.2 Å². The van der Waals surface area contributed by atoms with Crippen LogP contribution in [0.2, 0.25) is 0 Å². The normalized spacial score (nSPS) is 20.7. The number of alkyl carbamates (subject to hydrolysis) is 1. The highest BCUT2D eigenvalue weighted by Gasteiger charge is 2.31. The van der Waals surface area contributed by atoms with Crippen LogP contribution in [0.1, 0.15) is 37.1 Å². The van der Waals surface area contributed by atoms with E-state index in [0.717, 1.165) is 24.1 Å². The van der Waals surface area contributed by atoms with Crippen molar-refractivity contribution < 1.29 is 9.53 Å². The third-order valence-corrected chi connectivity index (χ3v) is 4.29. The van der Waals surface area contributed by atoms with Crippen LogP contribution in [0.25, 0.3) is 0 Å². The lowest BCUT2D eigenvalue weighted by Gasteiger charge is -2.37. The highest BCUT2D eigenvalue weighted by Crippen LogP contribution is 2.23. The minimum absolute atomic E-state index is 0.182. The third-order valence-electron chi connectivity index (χ3n) is 4.29. The zero-order chi connectivity index (χ0) is 16.8. The molecule has 1 saturated carbocycles. The van der Waals surface area contributed by atoms with Gasteiger partial charge in [-0.3, -0.25) is 4.98 Å². The van der Waals surface area contributed by atoms with Gasteiger partial charge in [0.1, 0.15) is 6.61 Å². The summed E-state index contributed by atoms with van der Waals surface area (Å²) in [4.78, 5) is 16.2. The molecule has 0 aliphatic heterocycles. The molecule has 1 aliphatic rings. The van der Waals surface area contributed by atoms with Gasteiger partial charge in [-0.25, -0.2) is 4.79 Å². The van der Waals surface area contributed by atoms with Crippen molar-refractivity contribution in [1.82, 2.24) is 15.6 Å². The number of hydrogen-bond acceptors (Lipinski definition) is 4. The number of hydrogen-bond donors (Lipinski definition) is 2. The SMILES string of the molecule is C[C@H](NC1CC(NC(=O)OCc2ccccc2)C1)c1ccccn1. The minimum Gasteiger partial charge on any atom is -0.445 e. The predicted octanol–water partition coefficient (Wildman–Crippen LogP) is 3.19. The fraction of sp³-hybridized carbons (Fsp3) is 0.368. The largest absolute Gasteiger partial charge is 0.445 e. The summed E-state index contributed by atoms with van der Waals surface area (Å²) in [5.74, 6) is 0. The molecule has 0 unspecified atom stereocenters. The summed E-state index contributed by atoms with van der Waals surface area (Å²) in [5, 5.41) is 6.45. The van der Waals surface area contributed by atoms with Crippen molar-refractivity contribution in [3.05, 3.63) is 66.0 Å². The van der Waals surface area contributed by atoms with Gasteiger partial charge in [-0.05, 0) is 37.5 Å². The molecule has 0 saturated heterocycles. The van der Waals surface area contributed by atoms with Gasteiger partial charge in [-0.15, -0.1) is 0 Å². The van der Waals surface area contributed by atoms with Gasteiger partial charge in [-0.1, -0.05) is 36.4 Å². The van der Waals surface area contributed by atoms with E-state index in [0.29, 0.717) is 12.6 Å². The van der Waals surface area contributed by atoms with Crippen LogP contribution in [0, 0.1) is 0 Å². The van der Waals surface area contributed by atoms with Gasteiger partial charge in [0.05, 0.1) is 5.69 Å². The Labute approximate surface area is 142 Å². The van der Waals surface area contributed by atoms with Gasteiger partial charge in [0.2, 0.25) is 0 Å². The Balaban J connectivity index is 1.34. The molecule has 3 rings (SSSR count). The van der Waals surface area contributed by atoms with Gasteiger partial charge in [0, 0.05) is 24.3 Å². The number of ether oxygens (including phenoxy) is 1. The van der Waals surface area contributed by atoms with E-state index in [4.69, 9.17) is 4.74 Å². The molecule has 24 heavy (non-hydrogen) atoms. The monoisotopic (exact) mass is 325 g/mol. The highest BCUT2D eigenvalue weighted by molar-refractivity contribution is 5.67. The summed E-state index contributed by atoms with van der Waals surface area (Å²) < 4.78 is 5.24. The lowest BCUT2D eigenvalue weighted by Crippen LogP contribution is -2.52. The van der Waals surface area contributed by atoms with Crippen molar-refractivity contribution in [2.75, 3.05) is 0 Å². The summed E-state index contributed by atoms with van der Waals surface area (Å²) in [7, 11) is 0. The van der Waals surface area contributed by atoms with Crippen LogP contribution in [0.3, 0.4) is 0 Å². The second kappa shape index (κ2) is 7.93. The van der Waals surface area contributed by atoms with Crippen LogP contribution < -0.4 is 10.6 Å². The fourth-order valence-electron chi connectivity index (χ4n) is 2.87. The van der Waals surface area contributed by atoms with Gasteiger partial charge >= 0.3 is 6.09 Å². The Morgan fingerprint density at radius 1 is 1.17 bits per heavy atom. The Hall–Kier alpha value is -2.40. The molecule has 0 spiro atoms. The molecule has 5 heteroatoms. The van der Waals surface area contributed by atoms with Crippen molar-refractivity contribution in [1.29, 1.82) is 0 Å². The van der Waals surface area contributed by atoms with Crippen LogP contribution in [-0.4, -0.2) is 23.2 Å². The van der Waals surface area contributed by atoms with E-state index in [1.807, 2.05) is 48.5 Å². The lowest BCUT2D eigenvalue weighted by atomic mass is 9.86. The van der Waals surface area contributed by atoms with Crippen molar-refractivity contribution in [3.8, 4) is 0 Å². The number of pyridine rings is 1. The van der Waals surface area contributed by atoms with E-state index in [9.17, 15) is 4.79 Å². The van der Waals surface area contributed by atoms with Crippen molar-refractivity contribution in [2.24, 2.45) is 0 Å². The number of amides is 1. The van der Waals surface area contributed by atoms with Gasteiger partial charge in [0.25, 0.3) is 0 Å². The molecule has 0 radical (unpaired) electrons. The third kappa shape index (κ3) is 4.55. The summed E-state index contributed by atoms with van der Waals surface area (Å²) >= 11 is 0. The molecule has 1 fully saturated rings. The number of benzene rings is 1. The average molecular weight is 325 g/mol. The van der Waals surface area contributed by atoms with Crippen LogP contribution in [0.15, 0.2) is 54.7 Å². The molecule has 1 heterocycles. The molecule has 1 amide bonds. The maximum Gasteiger partial charge on any atom is 0.407 e. The molecular weight excluding hydrogens is 302 g/mol. The molecule has 5 nitrogen and oxygen atoms in total. The Bertz CT molecular complexity index is 642. The molecule has 1 aromatic heterocycles. The van der Waals surface area contributed by atoms with Crippen LogP contribution in [0.5, 0.6) is 0 Å². The Kier molecular flexibility index (Phi) is 5.43. The summed E-state index contributed by atoms with van der Waals surface area (Å²) in [5.41, 5.74) is 2.03. The van der Waals surface area contributed by atoms with Crippen molar-refractivity contribution in [3.63, 3.8) is 0 Å². The smallest absolute Gasteiger partial charge is 0.407 e. The summed E-state index contributed by atoms with van der Waals surface area (Å²) in [6.07, 6.45) is 3.29. The van der Waals surface area contributed by atoms with Crippen LogP contribution >= 0.6 is 0 Å². The molecule has 1 atom stereocenters. The first kappa shape index (κ1) is 16.5. The van der Waals surface area contributed by atoms with E-state index < -0.39 is 0 Å². The molecule has 126 valence electrons. The number of nitrogens with zero attached hydrogens (tertiary/aromatic N) is 1. The summed E-state index contributed by atoms with van der Waals surface area (Å²) in [6, 6.07) is 16.4. The van der Waals surface area contributed by atoms with Crippen molar-refractivity contribution >= 4 is 6.09 Å². The Morgan fingerprint density at radius 3 is 2.62 bits per heavy atom. The second-order valence-corrected chi connectivity index (χ2v) is 6.21. The number of nitrogens with one attached hydrogen (secondary N) is 2. The molecule has 1 aromatic carbocycles. The lowest BCUT2D eigenvalue weighted by molar-refractivity contribution is 0.124. The second-order valence-electron chi connectivity index (χ2n) is 6.21. The van der Waals surface area contributed by atoms with E-state index in [1.165, 1.54) is 0 Å². The molecule has 2 N–H and O–H groups in total. The number of aromatic nitrogens is 1. The molecule has 1 aliphatic carbocycles. The van der Waals surface area contributed by atoms with Crippen LogP contribution in [0.4, 0.5) is 4.79 Å². The molecule has 0 bridgehead atoms. The summed E-state index contributed by atoms with van der Waals surface area (Å²) in [6.45, 7) is 2.41. The molecular formula is C19H23N3O2. The fourth-order valence-corrected chi connectivity index (χ4v) is 2.87. The maximum atomic E-state index is 11.8. The maximum absolute atomic E-state index is 11.8. The van der Waals surface area contributed by atoms with Gasteiger partial charge < -0.3 is 15.4 Å². The number of carbonyl (C=O) groups excluding carboxylic acids is 1.